The Kier molecular flexibility index (Phi) is 4.88. The molecule has 1 fully saturated rings. The first-order valence-corrected chi connectivity index (χ1v) is 12.1. The second-order valence-corrected chi connectivity index (χ2v) is 9.48. The summed E-state index contributed by atoms with van der Waals surface area (Å²) >= 11 is 0. The number of rotatable bonds is 4. The fourth-order valence-corrected chi connectivity index (χ4v) is 5.87. The summed E-state index contributed by atoms with van der Waals surface area (Å²) in [5, 5.41) is 10.0. The van der Waals surface area contributed by atoms with E-state index in [-0.39, 0.29) is 0 Å². The second kappa shape index (κ2) is 7.93. The number of para-hydroxylation sites is 2. The summed E-state index contributed by atoms with van der Waals surface area (Å²) in [6.45, 7) is 10.6. The summed E-state index contributed by atoms with van der Waals surface area (Å²) < 4.78 is 4.70. The molecule has 0 atom stereocenters. The van der Waals surface area contributed by atoms with E-state index in [0.717, 1.165) is 80.8 Å². The van der Waals surface area contributed by atoms with Gasteiger partial charge in [-0.05, 0) is 68.5 Å². The third kappa shape index (κ3) is 3.22. The highest BCUT2D eigenvalue weighted by molar-refractivity contribution is 5.86. The second-order valence-electron chi connectivity index (χ2n) is 9.48. The van der Waals surface area contributed by atoms with Crippen molar-refractivity contribution in [3.63, 3.8) is 0 Å². The van der Waals surface area contributed by atoms with Gasteiger partial charge in [-0.25, -0.2) is 4.98 Å². The molecular weight excluding hydrogens is 408 g/mol. The number of nitrogens with zero attached hydrogens (tertiary/aromatic N) is 6. The quantitative estimate of drug-likeness (QED) is 0.482. The van der Waals surface area contributed by atoms with Gasteiger partial charge >= 0.3 is 0 Å². The Bertz CT molecular complexity index is 1370. The molecule has 168 valence electrons. The summed E-state index contributed by atoms with van der Waals surface area (Å²) in [7, 11) is 0. The Labute approximate surface area is 194 Å². The zero-order valence-corrected chi connectivity index (χ0v) is 19.5. The van der Waals surface area contributed by atoms with Gasteiger partial charge in [0.1, 0.15) is 11.9 Å². The molecule has 6 nitrogen and oxygen atoms in total. The van der Waals surface area contributed by atoms with Crippen molar-refractivity contribution in [1.82, 2.24) is 18.9 Å². The number of pyridine rings is 1. The molecule has 1 aliphatic carbocycles. The molecule has 6 heteroatoms. The molecule has 0 bridgehead atoms. The van der Waals surface area contributed by atoms with Gasteiger partial charge in [0.25, 0.3) is 0 Å². The predicted molar refractivity (Wildman–Crippen MR) is 132 cm³/mol. The molecule has 1 aliphatic heterocycles. The molecule has 2 aliphatic rings. The van der Waals surface area contributed by atoms with Gasteiger partial charge in [0.05, 0.1) is 16.6 Å². The Morgan fingerprint density at radius 3 is 2.39 bits per heavy atom. The van der Waals surface area contributed by atoms with E-state index in [2.05, 4.69) is 69.0 Å². The van der Waals surface area contributed by atoms with Gasteiger partial charge in [-0.3, -0.25) is 9.30 Å². The Hall–Kier alpha value is -3.30. The molecule has 1 saturated heterocycles. The Balaban J connectivity index is 1.33. The monoisotopic (exact) mass is 438 g/mol. The maximum atomic E-state index is 10.0. The fraction of sp³-hybridized carbons (Fsp3) is 0.407. The average Bonchev–Trinajstić information content (AvgIpc) is 3.54. The summed E-state index contributed by atoms with van der Waals surface area (Å²) in [6, 6.07) is 15.2. The van der Waals surface area contributed by atoms with Crippen LogP contribution in [0.3, 0.4) is 0 Å². The van der Waals surface area contributed by atoms with Gasteiger partial charge in [-0.1, -0.05) is 12.1 Å². The van der Waals surface area contributed by atoms with E-state index in [9.17, 15) is 5.26 Å². The van der Waals surface area contributed by atoms with Gasteiger partial charge < -0.3 is 9.47 Å². The van der Waals surface area contributed by atoms with E-state index in [1.807, 2.05) is 6.07 Å². The third-order valence-corrected chi connectivity index (χ3v) is 7.63. The minimum atomic E-state index is 0.776. The maximum Gasteiger partial charge on any atom is 0.157 e. The van der Waals surface area contributed by atoms with Crippen molar-refractivity contribution in [3.8, 4) is 6.07 Å². The number of aryl methyl sites for hydroxylation is 2. The molecule has 0 N–H and O–H groups in total. The minimum Gasteiger partial charge on any atom is -0.355 e. The van der Waals surface area contributed by atoms with E-state index in [1.54, 1.807) is 0 Å². The minimum absolute atomic E-state index is 0.776. The highest BCUT2D eigenvalue weighted by atomic mass is 15.3. The number of anilines is 1. The first kappa shape index (κ1) is 20.3. The van der Waals surface area contributed by atoms with Crippen molar-refractivity contribution in [2.24, 2.45) is 0 Å². The van der Waals surface area contributed by atoms with Crippen LogP contribution in [-0.2, 0) is 19.4 Å². The number of hydrogen-bond acceptors (Lipinski definition) is 4. The van der Waals surface area contributed by atoms with Crippen LogP contribution in [0, 0.1) is 25.2 Å². The molecule has 1 aromatic carbocycles. The highest BCUT2D eigenvalue weighted by Gasteiger charge is 2.29. The van der Waals surface area contributed by atoms with E-state index >= 15 is 0 Å². The number of nitriles is 1. The smallest absolute Gasteiger partial charge is 0.157 e. The predicted octanol–water partition coefficient (Wildman–Crippen LogP) is 4.09. The third-order valence-electron chi connectivity index (χ3n) is 7.63. The molecule has 33 heavy (non-hydrogen) atoms. The van der Waals surface area contributed by atoms with Crippen LogP contribution in [0.25, 0.3) is 16.7 Å². The number of imidazole rings is 1. The van der Waals surface area contributed by atoms with Crippen LogP contribution < -0.4 is 4.90 Å². The van der Waals surface area contributed by atoms with Crippen molar-refractivity contribution in [2.45, 2.75) is 39.7 Å². The molecule has 0 unspecified atom stereocenters. The highest BCUT2D eigenvalue weighted by Crippen LogP contribution is 2.38. The fourth-order valence-electron chi connectivity index (χ4n) is 5.87. The van der Waals surface area contributed by atoms with Crippen molar-refractivity contribution in [3.05, 3.63) is 64.5 Å². The number of piperazine rings is 1. The number of fused-ring (bicyclic) bond motifs is 4. The first-order chi connectivity index (χ1) is 16.2. The number of benzene rings is 1. The standard InChI is InChI=1S/C27H30N6/c1-19-10-11-20(2)32(19)17-14-30-12-15-31(16-13-30)27-22-7-5-6-21(22)23(18-28)26-29-24-8-3-4-9-25(24)33(26)27/h3-4,8-11H,5-7,12-17H2,1-2H3. The molecule has 6 rings (SSSR count). The SMILES string of the molecule is Cc1ccc(C)n1CCN1CCN(c2c3c(c(C#N)c4nc5ccccc5n24)CCC3)CC1. The normalized spacial score (nSPS) is 16.6. The van der Waals surface area contributed by atoms with E-state index in [0.29, 0.717) is 0 Å². The lowest BCUT2D eigenvalue weighted by Crippen LogP contribution is -2.48. The van der Waals surface area contributed by atoms with E-state index in [1.165, 1.54) is 28.3 Å². The van der Waals surface area contributed by atoms with Gasteiger partial charge in [0.15, 0.2) is 5.65 Å². The topological polar surface area (TPSA) is 52.5 Å². The zero-order chi connectivity index (χ0) is 22.5. The van der Waals surface area contributed by atoms with Crippen LogP contribution in [0.1, 0.15) is 34.5 Å². The van der Waals surface area contributed by atoms with Crippen molar-refractivity contribution in [1.29, 1.82) is 5.26 Å². The maximum absolute atomic E-state index is 10.0. The summed E-state index contributed by atoms with van der Waals surface area (Å²) in [5.41, 5.74) is 8.96. The van der Waals surface area contributed by atoms with E-state index in [4.69, 9.17) is 4.98 Å². The molecule has 0 saturated carbocycles. The zero-order valence-electron chi connectivity index (χ0n) is 19.5. The lowest BCUT2D eigenvalue weighted by atomic mass is 10.0. The van der Waals surface area contributed by atoms with Crippen LogP contribution in [-0.4, -0.2) is 51.6 Å². The summed E-state index contributed by atoms with van der Waals surface area (Å²) in [4.78, 5) is 10.0. The Morgan fingerprint density at radius 1 is 0.909 bits per heavy atom. The molecule has 0 spiro atoms. The summed E-state index contributed by atoms with van der Waals surface area (Å²) in [5.74, 6) is 1.28. The Morgan fingerprint density at radius 2 is 1.64 bits per heavy atom. The first-order valence-electron chi connectivity index (χ1n) is 12.1. The average molecular weight is 439 g/mol. The van der Waals surface area contributed by atoms with Crippen LogP contribution >= 0.6 is 0 Å². The molecule has 4 aromatic rings. The molecule has 0 radical (unpaired) electrons. The summed E-state index contributed by atoms with van der Waals surface area (Å²) in [6.07, 6.45) is 3.16. The van der Waals surface area contributed by atoms with Gasteiger partial charge in [-0.2, -0.15) is 5.26 Å². The molecule has 3 aromatic heterocycles. The van der Waals surface area contributed by atoms with Crippen molar-refractivity contribution < 1.29 is 0 Å². The van der Waals surface area contributed by atoms with E-state index < -0.39 is 0 Å². The van der Waals surface area contributed by atoms with Gasteiger partial charge in [0.2, 0.25) is 0 Å². The van der Waals surface area contributed by atoms with Crippen LogP contribution in [0.4, 0.5) is 5.82 Å². The lowest BCUT2D eigenvalue weighted by molar-refractivity contribution is 0.246. The molecular formula is C27H30N6. The van der Waals surface area contributed by atoms with Gasteiger partial charge in [0, 0.05) is 50.7 Å². The lowest BCUT2D eigenvalue weighted by Gasteiger charge is -2.37. The van der Waals surface area contributed by atoms with Crippen molar-refractivity contribution >= 4 is 22.5 Å². The van der Waals surface area contributed by atoms with Crippen molar-refractivity contribution in [2.75, 3.05) is 37.6 Å². The number of hydrogen-bond donors (Lipinski definition) is 0. The largest absolute Gasteiger partial charge is 0.355 e. The molecule has 0 amide bonds. The number of aromatic nitrogens is 3. The van der Waals surface area contributed by atoms with Gasteiger partial charge in [-0.15, -0.1) is 0 Å². The van der Waals surface area contributed by atoms with Crippen LogP contribution in [0.2, 0.25) is 0 Å². The van der Waals surface area contributed by atoms with Crippen LogP contribution in [0.5, 0.6) is 0 Å². The van der Waals surface area contributed by atoms with Crippen LogP contribution in [0.15, 0.2) is 36.4 Å². The molecule has 4 heterocycles.